The van der Waals surface area contributed by atoms with E-state index >= 15 is 0 Å². The molecular formula is C9H9F4NO2. The van der Waals surface area contributed by atoms with Crippen LogP contribution in [0.4, 0.5) is 23.2 Å². The number of nitrogens with one attached hydrogen (secondary N) is 1. The summed E-state index contributed by atoms with van der Waals surface area (Å²) in [5, 5.41) is 0. The Hall–Kier alpha value is -1.50. The average molecular weight is 239 g/mol. The molecular weight excluding hydrogens is 230 g/mol. The van der Waals surface area contributed by atoms with Gasteiger partial charge >= 0.3 is 6.18 Å². The molecule has 1 aromatic rings. The fourth-order valence-corrected chi connectivity index (χ4v) is 0.969. The van der Waals surface area contributed by atoms with Crippen LogP contribution in [-0.4, -0.2) is 19.9 Å². The monoisotopic (exact) mass is 239 g/mol. The van der Waals surface area contributed by atoms with E-state index in [9.17, 15) is 17.6 Å². The Labute approximate surface area is 88.9 Å². The molecule has 0 unspecified atom stereocenters. The highest BCUT2D eigenvalue weighted by Gasteiger charge is 2.28. The zero-order valence-electron chi connectivity index (χ0n) is 8.27. The first kappa shape index (κ1) is 12.6. The van der Waals surface area contributed by atoms with Crippen molar-refractivity contribution in [1.82, 2.24) is 0 Å². The van der Waals surface area contributed by atoms with E-state index in [1.165, 1.54) is 13.2 Å². The summed E-state index contributed by atoms with van der Waals surface area (Å²) in [5.41, 5.74) is 2.40. The summed E-state index contributed by atoms with van der Waals surface area (Å²) in [5.74, 6) is -0.960. The largest absolute Gasteiger partial charge is 0.482 e. The van der Waals surface area contributed by atoms with Crippen molar-refractivity contribution < 1.29 is 27.1 Å². The molecule has 1 aromatic carbocycles. The molecule has 3 nitrogen and oxygen atoms in total. The maximum atomic E-state index is 12.8. The number of hydrogen-bond acceptors (Lipinski definition) is 3. The molecule has 0 radical (unpaired) electrons. The minimum Gasteiger partial charge on any atom is -0.482 e. The molecule has 0 spiro atoms. The lowest BCUT2D eigenvalue weighted by molar-refractivity contribution is -0.153. The topological polar surface area (TPSA) is 30.5 Å². The van der Waals surface area contributed by atoms with Crippen LogP contribution in [0.25, 0.3) is 0 Å². The molecule has 0 aliphatic heterocycles. The van der Waals surface area contributed by atoms with E-state index in [0.717, 1.165) is 12.1 Å². The number of rotatable bonds is 4. The van der Waals surface area contributed by atoms with E-state index in [2.05, 4.69) is 15.1 Å². The minimum absolute atomic E-state index is 0.119. The number of halogens is 4. The zero-order valence-corrected chi connectivity index (χ0v) is 8.27. The van der Waals surface area contributed by atoms with E-state index < -0.39 is 18.6 Å². The van der Waals surface area contributed by atoms with Crippen LogP contribution in [0, 0.1) is 5.82 Å². The molecule has 0 atom stereocenters. The maximum absolute atomic E-state index is 12.8. The lowest BCUT2D eigenvalue weighted by Gasteiger charge is -2.13. The van der Waals surface area contributed by atoms with Gasteiger partial charge in [0.15, 0.2) is 6.61 Å². The first-order valence-electron chi connectivity index (χ1n) is 4.20. The van der Waals surface area contributed by atoms with Crippen LogP contribution in [0.3, 0.4) is 0 Å². The van der Waals surface area contributed by atoms with Crippen LogP contribution in [0.2, 0.25) is 0 Å². The third kappa shape index (κ3) is 3.93. The second-order valence-electron chi connectivity index (χ2n) is 2.85. The summed E-state index contributed by atoms with van der Waals surface area (Å²) in [6, 6.07) is 3.12. The molecule has 0 aromatic heterocycles. The second kappa shape index (κ2) is 5.02. The van der Waals surface area contributed by atoms with Crippen molar-refractivity contribution in [3.05, 3.63) is 24.0 Å². The molecule has 7 heteroatoms. The summed E-state index contributed by atoms with van der Waals surface area (Å²) in [7, 11) is 1.27. The molecule has 0 heterocycles. The Bertz CT molecular complexity index is 354. The van der Waals surface area contributed by atoms with Crippen LogP contribution < -0.4 is 10.2 Å². The van der Waals surface area contributed by atoms with Crippen LogP contribution in [-0.2, 0) is 4.84 Å². The van der Waals surface area contributed by atoms with Crippen LogP contribution >= 0.6 is 0 Å². The molecule has 0 fully saturated rings. The van der Waals surface area contributed by atoms with E-state index in [0.29, 0.717) is 0 Å². The van der Waals surface area contributed by atoms with Gasteiger partial charge in [-0.05, 0) is 12.1 Å². The lowest BCUT2D eigenvalue weighted by Crippen LogP contribution is -2.19. The van der Waals surface area contributed by atoms with Gasteiger partial charge in [0.2, 0.25) is 0 Å². The van der Waals surface area contributed by atoms with E-state index in [4.69, 9.17) is 0 Å². The Morgan fingerprint density at radius 2 is 2.00 bits per heavy atom. The Kier molecular flexibility index (Phi) is 3.94. The molecule has 0 amide bonds. The molecule has 16 heavy (non-hydrogen) atoms. The highest BCUT2D eigenvalue weighted by Crippen LogP contribution is 2.27. The first-order chi connectivity index (χ1) is 7.42. The predicted octanol–water partition coefficient (Wildman–Crippen LogP) is 2.74. The SMILES string of the molecule is CONc1ccc(F)cc1OCC(F)(F)F. The molecule has 90 valence electrons. The van der Waals surface area contributed by atoms with E-state index in [1.807, 2.05) is 0 Å². The summed E-state index contributed by atoms with van der Waals surface area (Å²) in [6.45, 7) is -1.49. The van der Waals surface area contributed by atoms with Gasteiger partial charge in [0.1, 0.15) is 17.3 Å². The molecule has 1 N–H and O–H groups in total. The van der Waals surface area contributed by atoms with Crippen molar-refractivity contribution in [2.75, 3.05) is 19.2 Å². The van der Waals surface area contributed by atoms with Crippen molar-refractivity contribution in [3.63, 3.8) is 0 Å². The summed E-state index contributed by atoms with van der Waals surface area (Å²) >= 11 is 0. The van der Waals surface area contributed by atoms with Crippen LogP contribution in [0.15, 0.2) is 18.2 Å². The quantitative estimate of drug-likeness (QED) is 0.647. The maximum Gasteiger partial charge on any atom is 0.422 e. The normalized spacial score (nSPS) is 11.3. The molecule has 0 aliphatic rings. The van der Waals surface area contributed by atoms with Gasteiger partial charge in [-0.2, -0.15) is 13.2 Å². The number of hydrogen-bond donors (Lipinski definition) is 1. The summed E-state index contributed by atoms with van der Waals surface area (Å²) in [4.78, 5) is 4.51. The molecule has 0 aliphatic carbocycles. The third-order valence-corrected chi connectivity index (χ3v) is 1.55. The number of ether oxygens (including phenoxy) is 1. The number of alkyl halides is 3. The highest BCUT2D eigenvalue weighted by molar-refractivity contribution is 5.54. The predicted molar refractivity (Wildman–Crippen MR) is 48.6 cm³/mol. The number of anilines is 1. The van der Waals surface area contributed by atoms with Crippen molar-refractivity contribution in [1.29, 1.82) is 0 Å². The van der Waals surface area contributed by atoms with Crippen LogP contribution in [0.5, 0.6) is 5.75 Å². The van der Waals surface area contributed by atoms with E-state index in [-0.39, 0.29) is 11.4 Å². The van der Waals surface area contributed by atoms with Gasteiger partial charge in [0.25, 0.3) is 0 Å². The van der Waals surface area contributed by atoms with Crippen molar-refractivity contribution in [2.45, 2.75) is 6.18 Å². The minimum atomic E-state index is -4.48. The highest BCUT2D eigenvalue weighted by atomic mass is 19.4. The van der Waals surface area contributed by atoms with Crippen LogP contribution in [0.1, 0.15) is 0 Å². The van der Waals surface area contributed by atoms with E-state index in [1.54, 1.807) is 0 Å². The lowest BCUT2D eigenvalue weighted by atomic mass is 10.3. The van der Waals surface area contributed by atoms with Crippen molar-refractivity contribution >= 4 is 5.69 Å². The average Bonchev–Trinajstić information content (AvgIpc) is 2.17. The second-order valence-corrected chi connectivity index (χ2v) is 2.85. The van der Waals surface area contributed by atoms with Gasteiger partial charge in [-0.25, -0.2) is 4.39 Å². The van der Waals surface area contributed by atoms with Gasteiger partial charge in [0.05, 0.1) is 7.11 Å². The van der Waals surface area contributed by atoms with Gasteiger partial charge in [-0.15, -0.1) is 0 Å². The van der Waals surface area contributed by atoms with Gasteiger partial charge in [-0.1, -0.05) is 0 Å². The fraction of sp³-hybridized carbons (Fsp3) is 0.333. The standard InChI is InChI=1S/C9H9F4NO2/c1-15-14-7-3-2-6(10)4-8(7)16-5-9(11,12)13/h2-4,14H,5H2,1H3. The smallest absolute Gasteiger partial charge is 0.422 e. The van der Waals surface area contributed by atoms with Gasteiger partial charge in [0, 0.05) is 6.07 Å². The summed E-state index contributed by atoms with van der Waals surface area (Å²) < 4.78 is 52.9. The summed E-state index contributed by atoms with van der Waals surface area (Å²) in [6.07, 6.45) is -4.48. The Balaban J connectivity index is 2.79. The fourth-order valence-electron chi connectivity index (χ4n) is 0.969. The number of benzene rings is 1. The Morgan fingerprint density at radius 3 is 2.56 bits per heavy atom. The molecule has 0 saturated carbocycles. The molecule has 0 bridgehead atoms. The third-order valence-electron chi connectivity index (χ3n) is 1.55. The van der Waals surface area contributed by atoms with Gasteiger partial charge in [-0.3, -0.25) is 10.3 Å². The van der Waals surface area contributed by atoms with Crippen molar-refractivity contribution in [3.8, 4) is 5.75 Å². The molecule has 1 rings (SSSR count). The van der Waals surface area contributed by atoms with Gasteiger partial charge < -0.3 is 4.74 Å². The zero-order chi connectivity index (χ0) is 12.2. The first-order valence-corrected chi connectivity index (χ1v) is 4.20. The van der Waals surface area contributed by atoms with Crippen molar-refractivity contribution in [2.24, 2.45) is 0 Å². The Morgan fingerprint density at radius 1 is 1.31 bits per heavy atom. The molecule has 0 saturated heterocycles.